The lowest BCUT2D eigenvalue weighted by Crippen LogP contribution is -2.26. The molecule has 1 heterocycles. The zero-order chi connectivity index (χ0) is 15.5. The molecule has 0 aliphatic rings. The van der Waals surface area contributed by atoms with Crippen LogP contribution < -0.4 is 4.72 Å². The number of thiophene rings is 1. The van der Waals surface area contributed by atoms with Crippen LogP contribution >= 0.6 is 11.3 Å². The summed E-state index contributed by atoms with van der Waals surface area (Å²) in [6.07, 6.45) is -0.293. The van der Waals surface area contributed by atoms with Gasteiger partial charge in [0.05, 0.1) is 11.0 Å². The summed E-state index contributed by atoms with van der Waals surface area (Å²) in [7, 11) is -3.53. The Labute approximate surface area is 129 Å². The van der Waals surface area contributed by atoms with Gasteiger partial charge in [0.15, 0.2) is 0 Å². The second-order valence-electron chi connectivity index (χ2n) is 5.03. The van der Waals surface area contributed by atoms with Crippen LogP contribution in [-0.2, 0) is 10.0 Å². The molecule has 21 heavy (non-hydrogen) atoms. The molecule has 0 amide bonds. The van der Waals surface area contributed by atoms with Gasteiger partial charge in [-0.05, 0) is 54.3 Å². The minimum absolute atomic E-state index is 0.201. The number of benzene rings is 1. The normalized spacial score (nSPS) is 13.3. The van der Waals surface area contributed by atoms with Gasteiger partial charge in [0.25, 0.3) is 0 Å². The summed E-state index contributed by atoms with van der Waals surface area (Å²) in [6, 6.07) is 7.08. The Hall–Kier alpha value is -1.21. The Kier molecular flexibility index (Phi) is 5.16. The van der Waals surface area contributed by atoms with Crippen LogP contribution in [0.3, 0.4) is 0 Å². The van der Waals surface area contributed by atoms with Crippen molar-refractivity contribution in [2.45, 2.75) is 31.3 Å². The zero-order valence-corrected chi connectivity index (χ0v) is 13.7. The second-order valence-corrected chi connectivity index (χ2v) is 7.54. The first-order chi connectivity index (χ1) is 9.90. The van der Waals surface area contributed by atoms with Crippen molar-refractivity contribution in [2.24, 2.45) is 0 Å². The highest BCUT2D eigenvalue weighted by atomic mass is 32.2. The first kappa shape index (κ1) is 16.2. The first-order valence-corrected chi connectivity index (χ1v) is 9.10. The number of aliphatic hydroxyl groups excluding tert-OH is 1. The topological polar surface area (TPSA) is 66.4 Å². The average molecular weight is 325 g/mol. The van der Waals surface area contributed by atoms with Crippen LogP contribution in [0, 0.1) is 13.8 Å². The molecule has 0 radical (unpaired) electrons. The number of rotatable bonds is 6. The monoisotopic (exact) mass is 325 g/mol. The molecule has 0 aliphatic carbocycles. The standard InChI is InChI=1S/C15H19NO3S2/c1-11-3-4-15(12(2)9-11)21(18,19)16-7-5-14(17)13-6-8-20-10-13/h3-4,6,8-10,14,16-17H,5,7H2,1-2H3. The van der Waals surface area contributed by atoms with E-state index in [2.05, 4.69) is 4.72 Å². The van der Waals surface area contributed by atoms with Crippen molar-refractivity contribution in [3.63, 3.8) is 0 Å². The van der Waals surface area contributed by atoms with Gasteiger partial charge in [-0.25, -0.2) is 13.1 Å². The number of aryl methyl sites for hydroxylation is 2. The SMILES string of the molecule is Cc1ccc(S(=O)(=O)NCCC(O)c2ccsc2)c(C)c1. The molecule has 1 aromatic heterocycles. The Balaban J connectivity index is 1.98. The molecule has 1 aromatic carbocycles. The second kappa shape index (κ2) is 6.70. The maximum absolute atomic E-state index is 12.2. The van der Waals surface area contributed by atoms with Gasteiger partial charge in [-0.1, -0.05) is 17.7 Å². The number of aliphatic hydroxyl groups is 1. The van der Waals surface area contributed by atoms with Gasteiger partial charge in [0.2, 0.25) is 10.0 Å². The summed E-state index contributed by atoms with van der Waals surface area (Å²) in [5.41, 5.74) is 2.57. The van der Waals surface area contributed by atoms with E-state index in [1.54, 1.807) is 19.1 Å². The molecule has 0 saturated carbocycles. The third-order valence-corrected chi connectivity index (χ3v) is 5.58. The molecule has 2 N–H and O–H groups in total. The fourth-order valence-corrected chi connectivity index (χ4v) is 4.12. The molecule has 0 aliphatic heterocycles. The predicted octanol–water partition coefficient (Wildman–Crippen LogP) is 2.77. The van der Waals surface area contributed by atoms with Crippen LogP contribution in [0.5, 0.6) is 0 Å². The molecular formula is C15H19NO3S2. The van der Waals surface area contributed by atoms with Crippen LogP contribution in [0.1, 0.15) is 29.2 Å². The van der Waals surface area contributed by atoms with Crippen LogP contribution in [0.25, 0.3) is 0 Å². The maximum atomic E-state index is 12.2. The largest absolute Gasteiger partial charge is 0.388 e. The van der Waals surface area contributed by atoms with Crippen molar-refractivity contribution in [2.75, 3.05) is 6.54 Å². The van der Waals surface area contributed by atoms with Gasteiger partial charge in [-0.15, -0.1) is 0 Å². The van der Waals surface area contributed by atoms with Crippen LogP contribution in [0.4, 0.5) is 0 Å². The van der Waals surface area contributed by atoms with Crippen molar-refractivity contribution < 1.29 is 13.5 Å². The summed E-state index contributed by atoms with van der Waals surface area (Å²) < 4.78 is 27.0. The highest BCUT2D eigenvalue weighted by Gasteiger charge is 2.17. The molecule has 0 fully saturated rings. The van der Waals surface area contributed by atoms with Gasteiger partial charge in [-0.2, -0.15) is 11.3 Å². The van der Waals surface area contributed by atoms with E-state index in [1.807, 2.05) is 29.8 Å². The van der Waals surface area contributed by atoms with E-state index in [9.17, 15) is 13.5 Å². The summed E-state index contributed by atoms with van der Waals surface area (Å²) in [5.74, 6) is 0. The Morgan fingerprint density at radius 1 is 1.29 bits per heavy atom. The molecule has 0 bridgehead atoms. The van der Waals surface area contributed by atoms with E-state index in [-0.39, 0.29) is 11.4 Å². The van der Waals surface area contributed by atoms with Crippen LogP contribution in [-0.4, -0.2) is 20.1 Å². The number of nitrogens with one attached hydrogen (secondary N) is 1. The summed E-state index contributed by atoms with van der Waals surface area (Å²) in [6.45, 7) is 3.91. The minimum atomic E-state index is -3.53. The van der Waals surface area contributed by atoms with Gasteiger partial charge in [-0.3, -0.25) is 0 Å². The predicted molar refractivity (Wildman–Crippen MR) is 85.0 cm³/mol. The van der Waals surface area contributed by atoms with E-state index in [4.69, 9.17) is 0 Å². The molecule has 2 rings (SSSR count). The van der Waals surface area contributed by atoms with Crippen LogP contribution in [0.15, 0.2) is 39.9 Å². The van der Waals surface area contributed by atoms with Crippen LogP contribution in [0.2, 0.25) is 0 Å². The molecule has 6 heteroatoms. The molecule has 1 unspecified atom stereocenters. The molecule has 0 spiro atoms. The van der Waals surface area contributed by atoms with Gasteiger partial charge < -0.3 is 5.11 Å². The third kappa shape index (κ3) is 4.14. The van der Waals surface area contributed by atoms with E-state index in [0.29, 0.717) is 6.42 Å². The molecular weight excluding hydrogens is 306 g/mol. The van der Waals surface area contributed by atoms with Crippen molar-refractivity contribution in [1.82, 2.24) is 4.72 Å². The maximum Gasteiger partial charge on any atom is 0.240 e. The quantitative estimate of drug-likeness (QED) is 0.858. The van der Waals surface area contributed by atoms with Crippen molar-refractivity contribution >= 4 is 21.4 Å². The average Bonchev–Trinajstić information content (AvgIpc) is 2.91. The Morgan fingerprint density at radius 2 is 2.05 bits per heavy atom. The summed E-state index contributed by atoms with van der Waals surface area (Å²) in [4.78, 5) is 0.290. The molecule has 114 valence electrons. The van der Waals surface area contributed by atoms with Gasteiger partial charge >= 0.3 is 0 Å². The highest BCUT2D eigenvalue weighted by molar-refractivity contribution is 7.89. The van der Waals surface area contributed by atoms with Gasteiger partial charge in [0.1, 0.15) is 0 Å². The third-order valence-electron chi connectivity index (χ3n) is 3.26. The lowest BCUT2D eigenvalue weighted by atomic mass is 10.1. The number of hydrogen-bond acceptors (Lipinski definition) is 4. The fourth-order valence-electron chi connectivity index (χ4n) is 2.14. The van der Waals surface area contributed by atoms with E-state index < -0.39 is 16.1 Å². The lowest BCUT2D eigenvalue weighted by molar-refractivity contribution is 0.169. The molecule has 1 atom stereocenters. The molecule has 4 nitrogen and oxygen atoms in total. The number of hydrogen-bond donors (Lipinski definition) is 2. The molecule has 0 saturated heterocycles. The van der Waals surface area contributed by atoms with Gasteiger partial charge in [0, 0.05) is 6.54 Å². The zero-order valence-electron chi connectivity index (χ0n) is 12.0. The van der Waals surface area contributed by atoms with E-state index in [0.717, 1.165) is 16.7 Å². The summed E-state index contributed by atoms with van der Waals surface area (Å²) in [5, 5.41) is 13.7. The van der Waals surface area contributed by atoms with E-state index in [1.165, 1.54) is 11.3 Å². The first-order valence-electron chi connectivity index (χ1n) is 6.67. The highest BCUT2D eigenvalue weighted by Crippen LogP contribution is 2.20. The van der Waals surface area contributed by atoms with Crippen molar-refractivity contribution in [3.8, 4) is 0 Å². The van der Waals surface area contributed by atoms with Crippen molar-refractivity contribution in [3.05, 3.63) is 51.7 Å². The Bertz CT molecular complexity index is 694. The smallest absolute Gasteiger partial charge is 0.240 e. The lowest BCUT2D eigenvalue weighted by Gasteiger charge is -2.12. The number of sulfonamides is 1. The Morgan fingerprint density at radius 3 is 2.67 bits per heavy atom. The van der Waals surface area contributed by atoms with E-state index >= 15 is 0 Å². The fraction of sp³-hybridized carbons (Fsp3) is 0.333. The molecule has 2 aromatic rings. The minimum Gasteiger partial charge on any atom is -0.388 e. The van der Waals surface area contributed by atoms with Crippen molar-refractivity contribution in [1.29, 1.82) is 0 Å². The summed E-state index contributed by atoms with van der Waals surface area (Å²) >= 11 is 1.51.